The zero-order valence-electron chi connectivity index (χ0n) is 29.7. The van der Waals surface area contributed by atoms with Gasteiger partial charge in [-0.05, 0) is 74.1 Å². The van der Waals surface area contributed by atoms with Crippen LogP contribution in [0.1, 0.15) is 60.5 Å². The predicted molar refractivity (Wildman–Crippen MR) is 201 cm³/mol. The van der Waals surface area contributed by atoms with Crippen LogP contribution < -0.4 is 32.3 Å². The molecule has 1 fully saturated rings. The van der Waals surface area contributed by atoms with Crippen molar-refractivity contribution in [3.05, 3.63) is 116 Å². The highest BCUT2D eigenvalue weighted by atomic mass is 19.1. The third-order valence-corrected chi connectivity index (χ3v) is 10.5. The number of nitrogens with two attached hydrogens (primary N) is 2. The van der Waals surface area contributed by atoms with Gasteiger partial charge in [-0.2, -0.15) is 4.98 Å². The molecule has 1 aliphatic rings. The van der Waals surface area contributed by atoms with E-state index in [1.165, 1.54) is 27.8 Å². The Kier molecular flexibility index (Phi) is 10.7. The number of quaternary nitrogens is 1. The summed E-state index contributed by atoms with van der Waals surface area (Å²) in [7, 11) is 0. The minimum atomic E-state index is -1.57. The number of pyridine rings is 1. The molecule has 3 heterocycles. The fourth-order valence-corrected chi connectivity index (χ4v) is 7.73. The second-order valence-corrected chi connectivity index (χ2v) is 13.6. The standard InChI is InChI=1S/C39H42F3N7O4/c1-3-24-16-26(11-9-23(24)2)45-35-20-36(50)47(39(44)46-35)13-5-4-6-14-49(15-7-8-27(49)21-43)34-19-33-28(18-31(34)42)37(51)29(38(52)53)22-48(33)32-12-10-25(40)17-30(32)41/h9-12,16-20,22,27H,3-8,13-15,21,43H2,1-2H3,(H3-,44,45,46,50,52,53)/p+1. The Hall–Kier alpha value is -5.47. The monoisotopic (exact) mass is 730 g/mol. The van der Waals surface area contributed by atoms with Crippen LogP contribution in [0.3, 0.4) is 0 Å². The van der Waals surface area contributed by atoms with E-state index >= 15 is 8.78 Å². The number of anilines is 3. The molecule has 6 rings (SSSR count). The maximum absolute atomic E-state index is 16.3. The summed E-state index contributed by atoms with van der Waals surface area (Å²) < 4.78 is 48.0. The van der Waals surface area contributed by atoms with Crippen molar-refractivity contribution in [1.82, 2.24) is 18.6 Å². The summed E-state index contributed by atoms with van der Waals surface area (Å²) in [4.78, 5) is 42.7. The first-order valence-electron chi connectivity index (χ1n) is 17.8. The number of benzene rings is 3. The van der Waals surface area contributed by atoms with Crippen molar-refractivity contribution in [3.63, 3.8) is 0 Å². The van der Waals surface area contributed by atoms with Gasteiger partial charge in [-0.25, -0.2) is 18.0 Å². The SMILES string of the molecule is CCc1cc(Nc2cc(=O)n(CCCCC[N+]3(c4cc5c(cc4F)c(=O)c(C(=O)O)cn5-c4ccc(F)cc4F)CCCC3CN)c(N)n2)ccc1C. The number of nitrogens with zero attached hydrogens (tertiary/aromatic N) is 4. The number of carbonyl (C=O) groups is 1. The van der Waals surface area contributed by atoms with E-state index in [2.05, 4.69) is 17.2 Å². The number of nitrogen functional groups attached to an aromatic ring is 1. The summed E-state index contributed by atoms with van der Waals surface area (Å²) >= 11 is 0. The van der Waals surface area contributed by atoms with Gasteiger partial charge in [-0.1, -0.05) is 13.0 Å². The minimum absolute atomic E-state index is 0.0792. The van der Waals surface area contributed by atoms with E-state index in [-0.39, 0.29) is 50.9 Å². The normalized spacial score (nSPS) is 17.1. The zero-order chi connectivity index (χ0) is 38.0. The molecular formula is C39H43F3N7O4+. The van der Waals surface area contributed by atoms with Crippen LogP contribution in [0.5, 0.6) is 0 Å². The molecule has 278 valence electrons. The molecule has 0 saturated carbocycles. The number of aryl methyl sites for hydroxylation is 2. The molecule has 3 aromatic carbocycles. The highest BCUT2D eigenvalue weighted by Gasteiger charge is 2.44. The average Bonchev–Trinajstić information content (AvgIpc) is 3.53. The topological polar surface area (TPSA) is 158 Å². The number of carboxylic acids is 1. The Morgan fingerprint density at radius 1 is 1.04 bits per heavy atom. The smallest absolute Gasteiger partial charge is 0.341 e. The first-order valence-corrected chi connectivity index (χ1v) is 17.8. The molecule has 6 N–H and O–H groups in total. The maximum atomic E-state index is 16.3. The third-order valence-electron chi connectivity index (χ3n) is 10.5. The lowest BCUT2D eigenvalue weighted by Crippen LogP contribution is -2.56. The Labute approximate surface area is 303 Å². The van der Waals surface area contributed by atoms with Crippen LogP contribution >= 0.6 is 0 Å². The highest BCUT2D eigenvalue weighted by molar-refractivity contribution is 5.94. The molecule has 11 nitrogen and oxygen atoms in total. The molecule has 53 heavy (non-hydrogen) atoms. The summed E-state index contributed by atoms with van der Waals surface area (Å²) in [6.07, 6.45) is 5.22. The number of fused-ring (bicyclic) bond motifs is 1. The third kappa shape index (κ3) is 7.29. The summed E-state index contributed by atoms with van der Waals surface area (Å²) in [6, 6.07) is 12.5. The first-order chi connectivity index (χ1) is 25.4. The number of halogens is 3. The van der Waals surface area contributed by atoms with Crippen LogP contribution in [0.2, 0.25) is 0 Å². The van der Waals surface area contributed by atoms with E-state index in [4.69, 9.17) is 11.5 Å². The number of nitrogens with one attached hydrogen (secondary N) is 1. The predicted octanol–water partition coefficient (Wildman–Crippen LogP) is 6.16. The largest absolute Gasteiger partial charge is 0.477 e. The quantitative estimate of drug-likeness (QED) is 0.0829. The molecule has 1 aliphatic heterocycles. The maximum Gasteiger partial charge on any atom is 0.341 e. The zero-order valence-corrected chi connectivity index (χ0v) is 29.7. The lowest BCUT2D eigenvalue weighted by atomic mass is 10.0. The molecule has 2 unspecified atom stereocenters. The fourth-order valence-electron chi connectivity index (χ4n) is 7.73. The van der Waals surface area contributed by atoms with Crippen LogP contribution in [-0.2, 0) is 13.0 Å². The lowest BCUT2D eigenvalue weighted by molar-refractivity contribution is 0.0695. The van der Waals surface area contributed by atoms with Gasteiger partial charge in [0.15, 0.2) is 11.5 Å². The summed E-state index contributed by atoms with van der Waals surface area (Å²) in [6.45, 7) is 5.74. The van der Waals surface area contributed by atoms with Gasteiger partial charge >= 0.3 is 5.97 Å². The van der Waals surface area contributed by atoms with Crippen molar-refractivity contribution >= 4 is 40.0 Å². The second kappa shape index (κ2) is 15.2. The Bertz CT molecular complexity index is 2330. The number of hydrogen-bond donors (Lipinski definition) is 4. The number of unbranched alkanes of at least 4 members (excludes halogenated alkanes) is 2. The second-order valence-electron chi connectivity index (χ2n) is 13.6. The fraction of sp³-hybridized carbons (Fsp3) is 0.333. The van der Waals surface area contributed by atoms with Crippen LogP contribution in [-0.4, -0.2) is 50.9 Å². The average molecular weight is 731 g/mol. The molecule has 5 aromatic rings. The number of likely N-dealkylation sites (tertiary alicyclic amines) is 1. The van der Waals surface area contributed by atoms with E-state index < -0.39 is 34.4 Å². The molecular weight excluding hydrogens is 687 g/mol. The Morgan fingerprint density at radius 3 is 2.53 bits per heavy atom. The van der Waals surface area contributed by atoms with Crippen molar-refractivity contribution in [2.75, 3.05) is 30.7 Å². The summed E-state index contributed by atoms with van der Waals surface area (Å²) in [5.74, 6) is -3.66. The molecule has 0 radical (unpaired) electrons. The van der Waals surface area contributed by atoms with Crippen LogP contribution in [0, 0.1) is 24.4 Å². The highest BCUT2D eigenvalue weighted by Crippen LogP contribution is 2.39. The number of rotatable bonds is 13. The Balaban J connectivity index is 1.25. The van der Waals surface area contributed by atoms with Crippen molar-refractivity contribution in [3.8, 4) is 5.69 Å². The first kappa shape index (κ1) is 37.3. The number of aromatic carboxylic acids is 1. The number of carboxylic acid groups (broad SMARTS) is 1. The molecule has 2 atom stereocenters. The Morgan fingerprint density at radius 2 is 1.83 bits per heavy atom. The van der Waals surface area contributed by atoms with Gasteiger partial charge in [0.2, 0.25) is 11.4 Å². The molecule has 1 saturated heterocycles. The van der Waals surface area contributed by atoms with Gasteiger partial charge in [0.1, 0.15) is 29.1 Å². The van der Waals surface area contributed by atoms with E-state index in [0.29, 0.717) is 50.8 Å². The number of aromatic nitrogens is 3. The van der Waals surface area contributed by atoms with Gasteiger partial charge in [-0.3, -0.25) is 18.6 Å². The van der Waals surface area contributed by atoms with Crippen LogP contribution in [0.25, 0.3) is 16.6 Å². The van der Waals surface area contributed by atoms with Gasteiger partial charge in [0.05, 0.1) is 29.7 Å². The van der Waals surface area contributed by atoms with Crippen molar-refractivity contribution in [2.45, 2.75) is 65.0 Å². The number of hydrogen-bond acceptors (Lipinski definition) is 7. The van der Waals surface area contributed by atoms with Crippen LogP contribution in [0.4, 0.5) is 36.3 Å². The van der Waals surface area contributed by atoms with E-state index in [0.717, 1.165) is 53.9 Å². The van der Waals surface area contributed by atoms with Crippen molar-refractivity contribution < 1.29 is 23.1 Å². The van der Waals surface area contributed by atoms with Crippen molar-refractivity contribution in [2.24, 2.45) is 5.73 Å². The van der Waals surface area contributed by atoms with E-state index in [1.54, 1.807) is 0 Å². The molecule has 0 aliphatic carbocycles. The van der Waals surface area contributed by atoms with Crippen molar-refractivity contribution in [1.29, 1.82) is 0 Å². The molecule has 2 aromatic heterocycles. The molecule has 0 spiro atoms. The van der Waals surface area contributed by atoms with Gasteiger partial charge in [0.25, 0.3) is 5.56 Å². The molecule has 14 heteroatoms. The molecule has 0 bridgehead atoms. The summed E-state index contributed by atoms with van der Waals surface area (Å²) in [5.41, 5.74) is 13.9. The lowest BCUT2D eigenvalue weighted by Gasteiger charge is -2.40. The van der Waals surface area contributed by atoms with Crippen LogP contribution in [0.15, 0.2) is 70.4 Å². The van der Waals surface area contributed by atoms with Gasteiger partial charge in [0, 0.05) is 56.0 Å². The van der Waals surface area contributed by atoms with Gasteiger partial charge < -0.3 is 26.5 Å². The summed E-state index contributed by atoms with van der Waals surface area (Å²) in [5, 5.41) is 12.7. The molecule has 0 amide bonds. The van der Waals surface area contributed by atoms with Gasteiger partial charge in [-0.15, -0.1) is 0 Å². The van der Waals surface area contributed by atoms with E-state index in [9.17, 15) is 23.9 Å². The van der Waals surface area contributed by atoms with E-state index in [1.807, 2.05) is 25.1 Å². The minimum Gasteiger partial charge on any atom is -0.477 e.